The van der Waals surface area contributed by atoms with Crippen LogP contribution < -0.4 is 5.73 Å². The summed E-state index contributed by atoms with van der Waals surface area (Å²) in [6.45, 7) is 4.81. The van der Waals surface area contributed by atoms with Gasteiger partial charge in [-0.3, -0.25) is 4.90 Å². The number of nitrogens with zero attached hydrogens (tertiary/aromatic N) is 1. The molecule has 0 amide bonds. The maximum atomic E-state index is 6.36. The second-order valence-corrected chi connectivity index (χ2v) is 6.54. The Kier molecular flexibility index (Phi) is 3.90. The highest BCUT2D eigenvalue weighted by atomic mass is 15.2. The Morgan fingerprint density at radius 1 is 1.11 bits per heavy atom. The quantitative estimate of drug-likeness (QED) is 0.883. The summed E-state index contributed by atoms with van der Waals surface area (Å²) in [5, 5.41) is 0. The molecule has 1 heterocycles. The Balaban J connectivity index is 1.65. The topological polar surface area (TPSA) is 29.3 Å². The second-order valence-electron chi connectivity index (χ2n) is 6.54. The minimum Gasteiger partial charge on any atom is -0.326 e. The molecule has 0 spiro atoms. The van der Waals surface area contributed by atoms with Gasteiger partial charge in [0.15, 0.2) is 0 Å². The first-order chi connectivity index (χ1) is 9.24. The molecule has 2 heteroatoms. The molecule has 0 aromatic heterocycles. The highest BCUT2D eigenvalue weighted by Gasteiger charge is 2.35. The average molecular weight is 258 g/mol. The molecule has 1 aromatic carbocycles. The van der Waals surface area contributed by atoms with Crippen LogP contribution >= 0.6 is 0 Å². The molecule has 2 aliphatic rings. The van der Waals surface area contributed by atoms with Crippen LogP contribution in [0.5, 0.6) is 0 Å². The molecule has 1 aliphatic carbocycles. The lowest BCUT2D eigenvalue weighted by atomic mass is 9.83. The van der Waals surface area contributed by atoms with Gasteiger partial charge >= 0.3 is 0 Å². The van der Waals surface area contributed by atoms with Gasteiger partial charge in [-0.15, -0.1) is 0 Å². The van der Waals surface area contributed by atoms with E-state index in [0.717, 1.165) is 5.92 Å². The molecule has 19 heavy (non-hydrogen) atoms. The Bertz CT molecular complexity index is 403. The summed E-state index contributed by atoms with van der Waals surface area (Å²) in [7, 11) is 0. The van der Waals surface area contributed by atoms with Crippen molar-refractivity contribution < 1.29 is 0 Å². The zero-order valence-electron chi connectivity index (χ0n) is 12.0. The van der Waals surface area contributed by atoms with E-state index in [2.05, 4.69) is 42.2 Å². The van der Waals surface area contributed by atoms with Gasteiger partial charge in [0.2, 0.25) is 0 Å². The molecule has 4 unspecified atom stereocenters. The molecule has 0 bridgehead atoms. The van der Waals surface area contributed by atoms with Crippen molar-refractivity contribution in [1.82, 2.24) is 4.90 Å². The molecule has 2 N–H and O–H groups in total. The number of likely N-dealkylation sites (tertiary alicyclic amines) is 1. The zero-order chi connectivity index (χ0) is 13.2. The highest BCUT2D eigenvalue weighted by molar-refractivity contribution is 5.21. The van der Waals surface area contributed by atoms with Crippen molar-refractivity contribution in [3.8, 4) is 0 Å². The van der Waals surface area contributed by atoms with Crippen molar-refractivity contribution in [1.29, 1.82) is 0 Å². The van der Waals surface area contributed by atoms with Crippen LogP contribution in [-0.2, 0) is 0 Å². The summed E-state index contributed by atoms with van der Waals surface area (Å²) in [5.41, 5.74) is 7.87. The fourth-order valence-electron chi connectivity index (χ4n) is 3.88. The SMILES string of the molecule is CC1CCC(N)C(N2CCC(c3ccccc3)C2)C1. The molecule has 2 nitrogen and oxygen atoms in total. The van der Waals surface area contributed by atoms with E-state index >= 15 is 0 Å². The van der Waals surface area contributed by atoms with Crippen LogP contribution in [-0.4, -0.2) is 30.1 Å². The predicted octanol–water partition coefficient (Wildman–Crippen LogP) is 2.99. The normalized spacial score (nSPS) is 36.5. The minimum atomic E-state index is 0.394. The van der Waals surface area contributed by atoms with Crippen LogP contribution in [0.1, 0.15) is 44.1 Å². The van der Waals surface area contributed by atoms with Crippen molar-refractivity contribution in [3.05, 3.63) is 35.9 Å². The fourth-order valence-corrected chi connectivity index (χ4v) is 3.88. The lowest BCUT2D eigenvalue weighted by molar-refractivity contribution is 0.140. The smallest absolute Gasteiger partial charge is 0.0249 e. The largest absolute Gasteiger partial charge is 0.326 e. The number of nitrogens with two attached hydrogens (primary N) is 1. The molecule has 0 radical (unpaired) electrons. The van der Waals surface area contributed by atoms with Gasteiger partial charge in [0.25, 0.3) is 0 Å². The van der Waals surface area contributed by atoms with E-state index in [-0.39, 0.29) is 0 Å². The summed E-state index contributed by atoms with van der Waals surface area (Å²) in [6.07, 6.45) is 5.11. The third-order valence-corrected chi connectivity index (χ3v) is 5.09. The lowest BCUT2D eigenvalue weighted by Gasteiger charge is -2.38. The van der Waals surface area contributed by atoms with Crippen molar-refractivity contribution in [3.63, 3.8) is 0 Å². The molecule has 2 fully saturated rings. The summed E-state index contributed by atoms with van der Waals surface area (Å²) in [5.74, 6) is 1.56. The Morgan fingerprint density at radius 2 is 1.89 bits per heavy atom. The van der Waals surface area contributed by atoms with Crippen LogP contribution in [0, 0.1) is 5.92 Å². The van der Waals surface area contributed by atoms with Gasteiger partial charge in [-0.2, -0.15) is 0 Å². The van der Waals surface area contributed by atoms with Gasteiger partial charge < -0.3 is 5.73 Å². The molecule has 104 valence electrons. The second kappa shape index (κ2) is 5.64. The van der Waals surface area contributed by atoms with Gasteiger partial charge in [0.1, 0.15) is 0 Å². The third kappa shape index (κ3) is 2.85. The summed E-state index contributed by atoms with van der Waals surface area (Å²) >= 11 is 0. The van der Waals surface area contributed by atoms with E-state index in [0.29, 0.717) is 18.0 Å². The van der Waals surface area contributed by atoms with E-state index in [9.17, 15) is 0 Å². The van der Waals surface area contributed by atoms with Crippen molar-refractivity contribution in [2.75, 3.05) is 13.1 Å². The first kappa shape index (κ1) is 13.1. The average Bonchev–Trinajstić information content (AvgIpc) is 2.92. The highest BCUT2D eigenvalue weighted by Crippen LogP contribution is 2.33. The van der Waals surface area contributed by atoms with E-state index in [4.69, 9.17) is 5.73 Å². The molecular weight excluding hydrogens is 232 g/mol. The number of rotatable bonds is 2. The Morgan fingerprint density at radius 3 is 2.68 bits per heavy atom. The predicted molar refractivity (Wildman–Crippen MR) is 80.2 cm³/mol. The van der Waals surface area contributed by atoms with E-state index in [1.807, 2.05) is 0 Å². The summed E-state index contributed by atoms with van der Waals surface area (Å²) < 4.78 is 0. The third-order valence-electron chi connectivity index (χ3n) is 5.09. The van der Waals surface area contributed by atoms with Gasteiger partial charge in [0, 0.05) is 18.6 Å². The van der Waals surface area contributed by atoms with E-state index < -0.39 is 0 Å². The summed E-state index contributed by atoms with van der Waals surface area (Å²) in [4.78, 5) is 2.66. The van der Waals surface area contributed by atoms with E-state index in [1.54, 1.807) is 0 Å². The zero-order valence-corrected chi connectivity index (χ0v) is 12.0. The molecule has 1 aromatic rings. The van der Waals surface area contributed by atoms with Crippen LogP contribution in [0.2, 0.25) is 0 Å². The standard InChI is InChI=1S/C17H26N2/c1-13-7-8-16(18)17(11-13)19-10-9-15(12-19)14-5-3-2-4-6-14/h2-6,13,15-17H,7-12,18H2,1H3. The van der Waals surface area contributed by atoms with Gasteiger partial charge in [-0.05, 0) is 49.6 Å². The molecule has 1 aliphatic heterocycles. The molecule has 1 saturated carbocycles. The van der Waals surface area contributed by atoms with Crippen LogP contribution in [0.3, 0.4) is 0 Å². The van der Waals surface area contributed by atoms with Crippen molar-refractivity contribution in [2.24, 2.45) is 11.7 Å². The van der Waals surface area contributed by atoms with Crippen LogP contribution in [0.4, 0.5) is 0 Å². The number of hydrogen-bond acceptors (Lipinski definition) is 2. The van der Waals surface area contributed by atoms with Crippen molar-refractivity contribution >= 4 is 0 Å². The van der Waals surface area contributed by atoms with Crippen molar-refractivity contribution in [2.45, 2.75) is 50.6 Å². The maximum absolute atomic E-state index is 6.36. The molecular formula is C17H26N2. The fraction of sp³-hybridized carbons (Fsp3) is 0.647. The van der Waals surface area contributed by atoms with Crippen LogP contribution in [0.25, 0.3) is 0 Å². The maximum Gasteiger partial charge on any atom is 0.0249 e. The minimum absolute atomic E-state index is 0.394. The van der Waals surface area contributed by atoms with Crippen LogP contribution in [0.15, 0.2) is 30.3 Å². The first-order valence-electron chi connectivity index (χ1n) is 7.78. The van der Waals surface area contributed by atoms with Gasteiger partial charge in [0.05, 0.1) is 0 Å². The number of hydrogen-bond donors (Lipinski definition) is 1. The first-order valence-corrected chi connectivity index (χ1v) is 7.78. The molecule has 1 saturated heterocycles. The van der Waals surface area contributed by atoms with Gasteiger partial charge in [-0.25, -0.2) is 0 Å². The lowest BCUT2D eigenvalue weighted by Crippen LogP contribution is -2.50. The molecule has 3 rings (SSSR count). The van der Waals surface area contributed by atoms with Gasteiger partial charge in [-0.1, -0.05) is 37.3 Å². The monoisotopic (exact) mass is 258 g/mol. The Labute approximate surface area is 117 Å². The Hall–Kier alpha value is -0.860. The van der Waals surface area contributed by atoms with E-state index in [1.165, 1.54) is 44.3 Å². The molecule has 4 atom stereocenters. The number of benzene rings is 1. The summed E-state index contributed by atoms with van der Waals surface area (Å²) in [6, 6.07) is 12.0.